The number of fused-ring (bicyclic) bond motifs is 1. The summed E-state index contributed by atoms with van der Waals surface area (Å²) >= 11 is 0. The highest BCUT2D eigenvalue weighted by Gasteiger charge is 2.27. The summed E-state index contributed by atoms with van der Waals surface area (Å²) in [5.74, 6) is 1.13. The van der Waals surface area contributed by atoms with Gasteiger partial charge in [-0.25, -0.2) is 23.4 Å². The number of hydrogen-bond acceptors (Lipinski definition) is 5. The smallest absolute Gasteiger partial charge is 0.254 e. The monoisotopic (exact) mass is 504 g/mol. The topological polar surface area (TPSA) is 67.2 Å². The molecule has 1 aliphatic heterocycles. The van der Waals surface area contributed by atoms with Gasteiger partial charge in [-0.2, -0.15) is 5.10 Å². The molecule has 0 atom stereocenters. The molecular formula is C28H30F2N6O. The molecule has 0 spiro atoms. The second-order valence-corrected chi connectivity index (χ2v) is 9.86. The molecule has 4 aromatic rings. The summed E-state index contributed by atoms with van der Waals surface area (Å²) < 4.78 is 29.0. The molecule has 1 aliphatic rings. The Hall–Kier alpha value is -3.88. The van der Waals surface area contributed by atoms with E-state index in [0.717, 1.165) is 41.3 Å². The molecule has 0 unspecified atom stereocenters. The first-order valence-corrected chi connectivity index (χ1v) is 12.6. The molecule has 5 rings (SSSR count). The van der Waals surface area contributed by atoms with Crippen molar-refractivity contribution < 1.29 is 13.6 Å². The van der Waals surface area contributed by atoms with E-state index < -0.39 is 5.82 Å². The minimum absolute atomic E-state index is 0.176. The zero-order valence-corrected chi connectivity index (χ0v) is 21.3. The molecule has 0 bridgehead atoms. The number of piperazine rings is 1. The largest absolute Gasteiger partial charge is 0.352 e. The summed E-state index contributed by atoms with van der Waals surface area (Å²) in [4.78, 5) is 26.7. The van der Waals surface area contributed by atoms with Crippen LogP contribution in [0, 0.1) is 24.5 Å². The maximum absolute atomic E-state index is 13.6. The van der Waals surface area contributed by atoms with Gasteiger partial charge in [0.1, 0.15) is 23.3 Å². The minimum Gasteiger partial charge on any atom is -0.352 e. The van der Waals surface area contributed by atoms with Crippen molar-refractivity contribution in [3.63, 3.8) is 0 Å². The molecule has 1 amide bonds. The molecule has 37 heavy (non-hydrogen) atoms. The van der Waals surface area contributed by atoms with E-state index in [0.29, 0.717) is 43.3 Å². The van der Waals surface area contributed by atoms with Gasteiger partial charge in [-0.1, -0.05) is 19.9 Å². The number of aryl methyl sites for hydroxylation is 2. The second kappa shape index (κ2) is 10.2. The van der Waals surface area contributed by atoms with Crippen LogP contribution in [0.1, 0.15) is 42.1 Å². The van der Waals surface area contributed by atoms with Crippen LogP contribution in [0.3, 0.4) is 0 Å². The summed E-state index contributed by atoms with van der Waals surface area (Å²) in [7, 11) is 0. The number of anilines is 1. The summed E-state index contributed by atoms with van der Waals surface area (Å²) in [6.07, 6.45) is 1.68. The Morgan fingerprint density at radius 2 is 1.70 bits per heavy atom. The molecule has 192 valence electrons. The Morgan fingerprint density at radius 3 is 2.38 bits per heavy atom. The van der Waals surface area contributed by atoms with E-state index in [9.17, 15) is 13.6 Å². The molecule has 7 nitrogen and oxygen atoms in total. The van der Waals surface area contributed by atoms with E-state index >= 15 is 0 Å². The summed E-state index contributed by atoms with van der Waals surface area (Å²) in [6, 6.07) is 12.0. The molecule has 2 aromatic heterocycles. The maximum atomic E-state index is 13.6. The van der Waals surface area contributed by atoms with Crippen molar-refractivity contribution in [1.82, 2.24) is 24.6 Å². The number of carbonyl (C=O) groups is 1. The highest BCUT2D eigenvalue weighted by atomic mass is 19.1. The molecule has 1 saturated heterocycles. The third-order valence-corrected chi connectivity index (χ3v) is 6.68. The van der Waals surface area contributed by atoms with Gasteiger partial charge in [0.15, 0.2) is 5.65 Å². The van der Waals surface area contributed by atoms with Gasteiger partial charge in [-0.05, 0) is 61.7 Å². The highest BCUT2D eigenvalue weighted by molar-refractivity contribution is 5.95. The van der Waals surface area contributed by atoms with Crippen molar-refractivity contribution >= 4 is 22.8 Å². The van der Waals surface area contributed by atoms with Gasteiger partial charge in [0.2, 0.25) is 0 Å². The maximum Gasteiger partial charge on any atom is 0.254 e. The number of carbonyl (C=O) groups excluding carboxylic acids is 1. The lowest BCUT2D eigenvalue weighted by Gasteiger charge is -2.35. The number of rotatable bonds is 6. The van der Waals surface area contributed by atoms with Crippen LogP contribution in [0.25, 0.3) is 16.7 Å². The lowest BCUT2D eigenvalue weighted by atomic mass is 10.1. The van der Waals surface area contributed by atoms with Crippen LogP contribution < -0.4 is 4.90 Å². The molecule has 3 heterocycles. The molecular weight excluding hydrogens is 474 g/mol. The molecule has 9 heteroatoms. The van der Waals surface area contributed by atoms with Gasteiger partial charge in [-0.15, -0.1) is 0 Å². The average Bonchev–Trinajstić information content (AvgIpc) is 3.23. The van der Waals surface area contributed by atoms with Crippen molar-refractivity contribution in [1.29, 1.82) is 0 Å². The molecule has 2 aromatic carbocycles. The van der Waals surface area contributed by atoms with Crippen molar-refractivity contribution in [2.24, 2.45) is 5.92 Å². The summed E-state index contributed by atoms with van der Waals surface area (Å²) in [5, 5.41) is 5.59. The van der Waals surface area contributed by atoms with E-state index in [1.165, 1.54) is 24.3 Å². The quantitative estimate of drug-likeness (QED) is 0.372. The Kier molecular flexibility index (Phi) is 6.86. The van der Waals surface area contributed by atoms with Crippen LogP contribution in [0.5, 0.6) is 0 Å². The zero-order valence-electron chi connectivity index (χ0n) is 21.3. The highest BCUT2D eigenvalue weighted by Crippen LogP contribution is 2.30. The van der Waals surface area contributed by atoms with Gasteiger partial charge in [0.05, 0.1) is 16.8 Å². The second-order valence-electron chi connectivity index (χ2n) is 9.86. The fraction of sp³-hybridized carbons (Fsp3) is 0.357. The van der Waals surface area contributed by atoms with Gasteiger partial charge in [0.25, 0.3) is 5.91 Å². The lowest BCUT2D eigenvalue weighted by molar-refractivity contribution is 0.0746. The lowest BCUT2D eigenvalue weighted by Crippen LogP contribution is -2.49. The first-order chi connectivity index (χ1) is 17.8. The standard InChI is InChI=1S/C28H30F2N6O/c1-18(2)7-12-24-31-26(25-19(3)33-36(27(25)32-24)23-10-8-21(29)9-11-23)34-13-15-35(16-14-34)28(37)20-5-4-6-22(30)17-20/h4-6,8-11,17-18H,7,12-16H2,1-3H3. The van der Waals surface area contributed by atoms with Crippen molar-refractivity contribution in [3.8, 4) is 5.69 Å². The predicted octanol–water partition coefficient (Wildman–Crippen LogP) is 4.95. The van der Waals surface area contributed by atoms with Crippen LogP contribution in [0.15, 0.2) is 48.5 Å². The molecule has 0 radical (unpaired) electrons. The Balaban J connectivity index is 1.48. The van der Waals surface area contributed by atoms with E-state index in [-0.39, 0.29) is 11.7 Å². The molecule has 1 fully saturated rings. The molecule has 0 saturated carbocycles. The number of amides is 1. The first kappa shape index (κ1) is 24.8. The zero-order chi connectivity index (χ0) is 26.1. The number of hydrogen-bond donors (Lipinski definition) is 0. The normalized spacial score (nSPS) is 14.1. The fourth-order valence-electron chi connectivity index (χ4n) is 4.65. The number of aromatic nitrogens is 4. The Morgan fingerprint density at radius 1 is 0.973 bits per heavy atom. The van der Waals surface area contributed by atoms with Crippen LogP contribution in [-0.2, 0) is 6.42 Å². The van der Waals surface area contributed by atoms with Gasteiger partial charge in [0, 0.05) is 38.2 Å². The van der Waals surface area contributed by atoms with Crippen LogP contribution in [0.2, 0.25) is 0 Å². The van der Waals surface area contributed by atoms with E-state index in [1.807, 2.05) is 6.92 Å². The molecule has 0 N–H and O–H groups in total. The number of halogens is 2. The Labute approximate surface area is 214 Å². The third-order valence-electron chi connectivity index (χ3n) is 6.68. The van der Waals surface area contributed by atoms with E-state index in [2.05, 4.69) is 18.7 Å². The van der Waals surface area contributed by atoms with Gasteiger partial charge < -0.3 is 9.80 Å². The van der Waals surface area contributed by atoms with Gasteiger partial charge >= 0.3 is 0 Å². The average molecular weight is 505 g/mol. The van der Waals surface area contributed by atoms with E-state index in [1.54, 1.807) is 33.8 Å². The summed E-state index contributed by atoms with van der Waals surface area (Å²) in [5.41, 5.74) is 2.55. The van der Waals surface area contributed by atoms with Gasteiger partial charge in [-0.3, -0.25) is 4.79 Å². The van der Waals surface area contributed by atoms with Crippen molar-refractivity contribution in [2.75, 3.05) is 31.1 Å². The van der Waals surface area contributed by atoms with Crippen LogP contribution in [-0.4, -0.2) is 56.7 Å². The minimum atomic E-state index is -0.421. The number of nitrogens with zero attached hydrogens (tertiary/aromatic N) is 6. The molecule has 0 aliphatic carbocycles. The third kappa shape index (κ3) is 5.16. The SMILES string of the molecule is Cc1nn(-c2ccc(F)cc2)c2nc(CCC(C)C)nc(N3CCN(C(=O)c4cccc(F)c4)CC3)c12. The first-order valence-electron chi connectivity index (χ1n) is 12.6. The number of benzene rings is 2. The van der Waals surface area contributed by atoms with E-state index in [4.69, 9.17) is 15.1 Å². The van der Waals surface area contributed by atoms with Crippen molar-refractivity contribution in [2.45, 2.75) is 33.6 Å². The van der Waals surface area contributed by atoms with Crippen molar-refractivity contribution in [3.05, 3.63) is 77.2 Å². The predicted molar refractivity (Wildman–Crippen MR) is 139 cm³/mol. The fourth-order valence-corrected chi connectivity index (χ4v) is 4.65. The summed E-state index contributed by atoms with van der Waals surface area (Å²) in [6.45, 7) is 8.41. The Bertz CT molecular complexity index is 1420. The van der Waals surface area contributed by atoms with Crippen LogP contribution >= 0.6 is 0 Å². The van der Waals surface area contributed by atoms with Crippen LogP contribution in [0.4, 0.5) is 14.6 Å².